The average Bonchev–Trinajstić information content (AvgIpc) is 3.41. The first-order valence-electron chi connectivity index (χ1n) is 23.0. The Kier molecular flexibility index (Phi) is 12.9. The van der Waals surface area contributed by atoms with Gasteiger partial charge in [-0.25, -0.2) is 0 Å². The Balaban J connectivity index is 0.898. The molecule has 0 saturated carbocycles. The molecule has 0 saturated heterocycles. The molecule has 0 aromatic heterocycles. The lowest BCUT2D eigenvalue weighted by Crippen LogP contribution is -2.09. The lowest BCUT2D eigenvalue weighted by Gasteiger charge is -2.25. The first-order chi connectivity index (χ1) is 33.2. The highest BCUT2D eigenvalue weighted by Crippen LogP contribution is 2.37. The highest BCUT2D eigenvalue weighted by atomic mass is 15.1. The number of benzene rings is 10. The van der Waals surface area contributed by atoms with E-state index in [9.17, 15) is 0 Å². The van der Waals surface area contributed by atoms with Crippen LogP contribution in [0.25, 0.3) is 34.4 Å². The Morgan fingerprint density at radius 1 is 0.269 bits per heavy atom. The molecule has 0 aliphatic heterocycles. The van der Waals surface area contributed by atoms with Crippen LogP contribution < -0.4 is 9.80 Å². The number of nitrogens with zero attached hydrogens (tertiary/aromatic N) is 2. The molecule has 10 rings (SSSR count). The van der Waals surface area contributed by atoms with Crippen molar-refractivity contribution in [3.05, 3.63) is 312 Å². The number of rotatable bonds is 14. The van der Waals surface area contributed by atoms with Gasteiger partial charge >= 0.3 is 0 Å². The summed E-state index contributed by atoms with van der Waals surface area (Å²) < 4.78 is 0. The molecule has 0 bridgehead atoms. The van der Waals surface area contributed by atoms with E-state index < -0.39 is 0 Å². The summed E-state index contributed by atoms with van der Waals surface area (Å²) in [6.45, 7) is 0. The minimum atomic E-state index is 0.803. The van der Waals surface area contributed by atoms with Crippen molar-refractivity contribution in [1.29, 1.82) is 0 Å². The fourth-order valence-electron chi connectivity index (χ4n) is 8.73. The van der Waals surface area contributed by atoms with Gasteiger partial charge in [0.15, 0.2) is 0 Å². The van der Waals surface area contributed by atoms with Gasteiger partial charge in [0.25, 0.3) is 0 Å². The van der Waals surface area contributed by atoms with E-state index in [0.29, 0.717) is 0 Å². The van der Waals surface area contributed by atoms with Crippen LogP contribution >= 0.6 is 0 Å². The Labute approximate surface area is 395 Å². The van der Waals surface area contributed by atoms with E-state index in [4.69, 9.17) is 0 Å². The van der Waals surface area contributed by atoms with Gasteiger partial charge in [0.05, 0.1) is 0 Å². The minimum absolute atomic E-state index is 0.803. The summed E-state index contributed by atoms with van der Waals surface area (Å²) >= 11 is 0. The van der Waals surface area contributed by atoms with Crippen LogP contribution in [0.5, 0.6) is 0 Å². The molecule has 0 N–H and O–H groups in total. The summed E-state index contributed by atoms with van der Waals surface area (Å²) in [5, 5.41) is 0. The molecule has 0 unspecified atom stereocenters. The normalized spacial score (nSPS) is 11.5. The Morgan fingerprint density at radius 2 is 0.597 bits per heavy atom. The van der Waals surface area contributed by atoms with Crippen molar-refractivity contribution in [3.63, 3.8) is 0 Å². The topological polar surface area (TPSA) is 6.48 Å². The van der Waals surface area contributed by atoms with Crippen molar-refractivity contribution in [1.82, 2.24) is 0 Å². The van der Waals surface area contributed by atoms with Crippen LogP contribution in [0, 0.1) is 0 Å². The molecule has 2 nitrogen and oxygen atoms in total. The quantitative estimate of drug-likeness (QED) is 0.101. The molecule has 0 fully saturated rings. The maximum atomic E-state index is 2.32. The molecular formula is C65H50N2. The number of para-hydroxylation sites is 4. The number of hydrogen-bond donors (Lipinski definition) is 0. The Morgan fingerprint density at radius 3 is 1.04 bits per heavy atom. The molecular weight excluding hydrogens is 809 g/mol. The van der Waals surface area contributed by atoms with Gasteiger partial charge < -0.3 is 9.80 Å². The Hall–Kier alpha value is -8.72. The SMILES string of the molecule is C(=C(\Cc1ccc(-c2ccc(/C(=C/c3ccc(N(c4ccccc4)c4ccccc4)cc3)c3ccccc3)cc2)cc1)c1ccc(N(c2ccccc2)c2ccccc2)cc1)/c1ccccc1. The largest absolute Gasteiger partial charge is 0.311 e. The molecule has 0 spiro atoms. The van der Waals surface area contributed by atoms with Crippen LogP contribution in [-0.4, -0.2) is 0 Å². The zero-order valence-corrected chi connectivity index (χ0v) is 37.3. The van der Waals surface area contributed by atoms with Crippen LogP contribution in [-0.2, 0) is 6.42 Å². The van der Waals surface area contributed by atoms with Gasteiger partial charge in [-0.3, -0.25) is 0 Å². The number of anilines is 6. The lowest BCUT2D eigenvalue weighted by atomic mass is 9.93. The van der Waals surface area contributed by atoms with Gasteiger partial charge in [-0.15, -0.1) is 0 Å². The molecule has 2 heteroatoms. The van der Waals surface area contributed by atoms with Crippen molar-refractivity contribution in [3.8, 4) is 11.1 Å². The summed E-state index contributed by atoms with van der Waals surface area (Å²) in [4.78, 5) is 4.60. The highest BCUT2D eigenvalue weighted by Gasteiger charge is 2.15. The number of allylic oxidation sites excluding steroid dienone is 1. The third kappa shape index (κ3) is 10.2. The van der Waals surface area contributed by atoms with Gasteiger partial charge in [0, 0.05) is 34.1 Å². The summed E-state index contributed by atoms with van der Waals surface area (Å²) in [5.74, 6) is 0. The predicted molar refractivity (Wildman–Crippen MR) is 286 cm³/mol. The molecule has 320 valence electrons. The average molecular weight is 859 g/mol. The van der Waals surface area contributed by atoms with Crippen molar-refractivity contribution < 1.29 is 0 Å². The monoisotopic (exact) mass is 858 g/mol. The summed E-state index contributed by atoms with van der Waals surface area (Å²) in [6, 6.07) is 99.5. The Bertz CT molecular complexity index is 3090. The second-order valence-corrected chi connectivity index (χ2v) is 16.6. The molecule has 0 heterocycles. The third-order valence-corrected chi connectivity index (χ3v) is 12.1. The van der Waals surface area contributed by atoms with Crippen LogP contribution in [0.2, 0.25) is 0 Å². The molecule has 0 radical (unpaired) electrons. The molecule has 0 aliphatic carbocycles. The van der Waals surface area contributed by atoms with Gasteiger partial charge in [-0.1, -0.05) is 212 Å². The zero-order valence-electron chi connectivity index (χ0n) is 37.3. The summed E-state index contributed by atoms with van der Waals surface area (Å²) in [6.07, 6.45) is 5.43. The van der Waals surface area contributed by atoms with E-state index >= 15 is 0 Å². The van der Waals surface area contributed by atoms with Crippen LogP contribution in [0.15, 0.2) is 279 Å². The van der Waals surface area contributed by atoms with E-state index in [1.54, 1.807) is 0 Å². The van der Waals surface area contributed by atoms with Crippen LogP contribution in [0.1, 0.15) is 33.4 Å². The second-order valence-electron chi connectivity index (χ2n) is 16.6. The van der Waals surface area contributed by atoms with Gasteiger partial charge in [-0.2, -0.15) is 0 Å². The van der Waals surface area contributed by atoms with E-state index in [1.807, 2.05) is 0 Å². The molecule has 10 aromatic carbocycles. The van der Waals surface area contributed by atoms with E-state index in [-0.39, 0.29) is 0 Å². The third-order valence-electron chi connectivity index (χ3n) is 12.1. The minimum Gasteiger partial charge on any atom is -0.311 e. The fraction of sp³-hybridized carbons (Fsp3) is 0.0154. The zero-order chi connectivity index (χ0) is 45.0. The first kappa shape index (κ1) is 42.2. The van der Waals surface area contributed by atoms with Gasteiger partial charge in [0.2, 0.25) is 0 Å². The fourth-order valence-corrected chi connectivity index (χ4v) is 8.73. The number of hydrogen-bond acceptors (Lipinski definition) is 2. The van der Waals surface area contributed by atoms with E-state index in [0.717, 1.165) is 46.1 Å². The molecule has 0 atom stereocenters. The van der Waals surface area contributed by atoms with Gasteiger partial charge in [-0.05, 0) is 141 Å². The first-order valence-corrected chi connectivity index (χ1v) is 23.0. The molecule has 67 heavy (non-hydrogen) atoms. The van der Waals surface area contributed by atoms with Crippen molar-refractivity contribution >= 4 is 57.4 Å². The van der Waals surface area contributed by atoms with Crippen LogP contribution in [0.4, 0.5) is 34.1 Å². The highest BCUT2D eigenvalue weighted by molar-refractivity contribution is 5.92. The molecule has 0 aliphatic rings. The second kappa shape index (κ2) is 20.4. The summed E-state index contributed by atoms with van der Waals surface area (Å²) in [7, 11) is 0. The standard InChI is InChI=1S/C65H50N2/c1-7-19-50(20-8-1)47-58(55-41-45-64(46-42-55)67(61-27-15-5-16-28-61)62-29-17-6-18-30-62)48-51-31-35-53(36-32-51)54-37-39-57(40-38-54)65(56-21-9-2-10-22-56)49-52-33-43-63(44-34-52)66(59-23-11-3-12-24-59)60-25-13-4-14-26-60/h1-47,49H,48H2/b58-47-,65-49+. The van der Waals surface area contributed by atoms with Crippen molar-refractivity contribution in [2.45, 2.75) is 6.42 Å². The van der Waals surface area contributed by atoms with Crippen molar-refractivity contribution in [2.24, 2.45) is 0 Å². The van der Waals surface area contributed by atoms with Crippen LogP contribution in [0.3, 0.4) is 0 Å². The van der Waals surface area contributed by atoms with E-state index in [2.05, 4.69) is 301 Å². The lowest BCUT2D eigenvalue weighted by molar-refractivity contribution is 1.27. The molecule has 10 aromatic rings. The maximum absolute atomic E-state index is 2.32. The maximum Gasteiger partial charge on any atom is 0.0462 e. The predicted octanol–water partition coefficient (Wildman–Crippen LogP) is 17.7. The van der Waals surface area contributed by atoms with E-state index in [1.165, 1.54) is 50.1 Å². The van der Waals surface area contributed by atoms with Crippen molar-refractivity contribution in [2.75, 3.05) is 9.80 Å². The molecule has 0 amide bonds. The van der Waals surface area contributed by atoms with Gasteiger partial charge in [0.1, 0.15) is 0 Å². The summed E-state index contributed by atoms with van der Waals surface area (Å²) in [5.41, 5.74) is 18.7. The smallest absolute Gasteiger partial charge is 0.0462 e.